The number of hydrogen-bond acceptors (Lipinski definition) is 4. The summed E-state index contributed by atoms with van der Waals surface area (Å²) >= 11 is 1.51. The fourth-order valence-corrected chi connectivity index (χ4v) is 6.74. The Kier molecular flexibility index (Phi) is 8.07. The van der Waals surface area contributed by atoms with E-state index in [-0.39, 0.29) is 18.4 Å². The van der Waals surface area contributed by atoms with Crippen LogP contribution in [-0.4, -0.2) is 37.1 Å². The van der Waals surface area contributed by atoms with Crippen molar-refractivity contribution in [3.63, 3.8) is 0 Å². The van der Waals surface area contributed by atoms with Crippen LogP contribution in [0.3, 0.4) is 0 Å². The monoisotopic (exact) mass is 511 g/mol. The van der Waals surface area contributed by atoms with Crippen molar-refractivity contribution in [2.24, 2.45) is 5.73 Å². The van der Waals surface area contributed by atoms with Gasteiger partial charge in [-0.3, -0.25) is 0 Å². The van der Waals surface area contributed by atoms with Crippen LogP contribution < -0.4 is 11.1 Å². The summed E-state index contributed by atoms with van der Waals surface area (Å²) in [5.41, 5.74) is 9.31. The number of piperidine rings is 1. The molecule has 1 saturated carbocycles. The van der Waals surface area contributed by atoms with Crippen LogP contribution in [0.2, 0.25) is 0 Å². The Balaban J connectivity index is 0.00000274. The predicted molar refractivity (Wildman–Crippen MR) is 135 cm³/mol. The van der Waals surface area contributed by atoms with Crippen molar-refractivity contribution in [2.45, 2.75) is 72.9 Å². The van der Waals surface area contributed by atoms with E-state index in [2.05, 4.69) is 28.4 Å². The molecule has 2 aromatic carbocycles. The van der Waals surface area contributed by atoms with Gasteiger partial charge in [0.05, 0.1) is 5.56 Å². The lowest BCUT2D eigenvalue weighted by molar-refractivity contribution is -0.137. The lowest BCUT2D eigenvalue weighted by Gasteiger charge is -2.34. The number of halogens is 4. The van der Waals surface area contributed by atoms with Gasteiger partial charge in [-0.1, -0.05) is 36.7 Å². The molecule has 0 unspecified atom stereocenters. The Labute approximate surface area is 210 Å². The molecule has 0 atom stereocenters. The standard InChI is InChI=1S/C26H32F3N3S.ClH/c27-26(28,29)20-15-23(31-21-7-10-32(11-8-21)12-9-30)22-13-19-6-5-18(17-3-1-2-4-17)14-24(19)33-25(22)16-20;/h5-6,14-17,21,31H,1-4,7-13,30H2;1H. The normalized spacial score (nSPS) is 19.4. The van der Waals surface area contributed by atoms with Gasteiger partial charge in [0.15, 0.2) is 0 Å². The van der Waals surface area contributed by atoms with E-state index >= 15 is 0 Å². The first-order valence-corrected chi connectivity index (χ1v) is 13.0. The molecule has 0 bridgehead atoms. The van der Waals surface area contributed by atoms with E-state index in [9.17, 15) is 13.2 Å². The van der Waals surface area contributed by atoms with Gasteiger partial charge in [-0.05, 0) is 66.5 Å². The van der Waals surface area contributed by atoms with Crippen molar-refractivity contribution < 1.29 is 13.2 Å². The second-order valence-corrected chi connectivity index (χ2v) is 10.8. The molecule has 3 aliphatic rings. The predicted octanol–water partition coefficient (Wildman–Crippen LogP) is 6.68. The van der Waals surface area contributed by atoms with Gasteiger partial charge >= 0.3 is 6.18 Å². The molecular weight excluding hydrogens is 479 g/mol. The smallest absolute Gasteiger partial charge is 0.382 e. The number of anilines is 1. The number of benzene rings is 2. The van der Waals surface area contributed by atoms with Crippen molar-refractivity contribution >= 4 is 29.9 Å². The fourth-order valence-electron chi connectivity index (χ4n) is 5.55. The van der Waals surface area contributed by atoms with Crippen LogP contribution in [0, 0.1) is 0 Å². The van der Waals surface area contributed by atoms with Crippen molar-refractivity contribution in [1.82, 2.24) is 4.90 Å². The van der Waals surface area contributed by atoms with Gasteiger partial charge < -0.3 is 16.0 Å². The molecule has 1 aliphatic carbocycles. The summed E-state index contributed by atoms with van der Waals surface area (Å²) in [7, 11) is 0. The maximum Gasteiger partial charge on any atom is 0.416 e. The first kappa shape index (κ1) is 25.7. The lowest BCUT2D eigenvalue weighted by atomic mass is 9.94. The molecule has 2 fully saturated rings. The highest BCUT2D eigenvalue weighted by molar-refractivity contribution is 7.99. The third-order valence-electron chi connectivity index (χ3n) is 7.43. The molecule has 2 aliphatic heterocycles. The number of nitrogens with one attached hydrogen (secondary N) is 1. The summed E-state index contributed by atoms with van der Waals surface area (Å²) in [6.07, 6.45) is 3.13. The van der Waals surface area contributed by atoms with Crippen LogP contribution in [0.4, 0.5) is 18.9 Å². The average molecular weight is 512 g/mol. The van der Waals surface area contributed by atoms with Gasteiger partial charge in [0.1, 0.15) is 0 Å². The zero-order chi connectivity index (χ0) is 23.0. The van der Waals surface area contributed by atoms with E-state index in [1.807, 2.05) is 0 Å². The second kappa shape index (κ2) is 10.7. The van der Waals surface area contributed by atoms with E-state index in [4.69, 9.17) is 5.73 Å². The first-order valence-electron chi connectivity index (χ1n) is 12.1. The zero-order valence-electron chi connectivity index (χ0n) is 19.3. The minimum atomic E-state index is -4.36. The molecule has 0 amide bonds. The van der Waals surface area contributed by atoms with E-state index in [0.29, 0.717) is 24.6 Å². The van der Waals surface area contributed by atoms with Crippen LogP contribution in [0.1, 0.15) is 66.7 Å². The molecule has 186 valence electrons. The number of alkyl halides is 3. The molecule has 3 N–H and O–H groups in total. The van der Waals surface area contributed by atoms with Gasteiger partial charge in [0, 0.05) is 54.1 Å². The Morgan fingerprint density at radius 3 is 2.41 bits per heavy atom. The fraction of sp³-hybridized carbons (Fsp3) is 0.538. The highest BCUT2D eigenvalue weighted by Crippen LogP contribution is 2.47. The summed E-state index contributed by atoms with van der Waals surface area (Å²) in [5.74, 6) is 0.598. The molecule has 2 heterocycles. The first-order chi connectivity index (χ1) is 15.9. The summed E-state index contributed by atoms with van der Waals surface area (Å²) in [4.78, 5) is 4.18. The molecule has 3 nitrogen and oxygen atoms in total. The van der Waals surface area contributed by atoms with E-state index < -0.39 is 11.7 Å². The van der Waals surface area contributed by atoms with Gasteiger partial charge in [0.25, 0.3) is 0 Å². The van der Waals surface area contributed by atoms with Crippen molar-refractivity contribution in [3.05, 3.63) is 52.6 Å². The summed E-state index contributed by atoms with van der Waals surface area (Å²) in [6.45, 7) is 3.37. The SMILES string of the molecule is Cl.NCCN1CCC(Nc2cc(C(F)(F)F)cc3c2Cc2ccc(C4CCCC4)cc2S3)CC1. The minimum Gasteiger partial charge on any atom is -0.382 e. The number of hydrogen-bond donors (Lipinski definition) is 2. The number of nitrogens with zero attached hydrogens (tertiary/aromatic N) is 1. The van der Waals surface area contributed by atoms with Crippen LogP contribution >= 0.6 is 24.2 Å². The van der Waals surface area contributed by atoms with Crippen LogP contribution in [-0.2, 0) is 12.6 Å². The van der Waals surface area contributed by atoms with Crippen LogP contribution in [0.25, 0.3) is 0 Å². The van der Waals surface area contributed by atoms with Crippen molar-refractivity contribution in [2.75, 3.05) is 31.5 Å². The molecule has 34 heavy (non-hydrogen) atoms. The quantitative estimate of drug-likeness (QED) is 0.401. The topological polar surface area (TPSA) is 41.3 Å². The third-order valence-corrected chi connectivity index (χ3v) is 8.62. The zero-order valence-corrected chi connectivity index (χ0v) is 20.9. The average Bonchev–Trinajstić information content (AvgIpc) is 3.33. The third kappa shape index (κ3) is 5.53. The molecular formula is C26H33ClF3N3S. The van der Waals surface area contributed by atoms with Crippen LogP contribution in [0.15, 0.2) is 40.1 Å². The summed E-state index contributed by atoms with van der Waals surface area (Å²) in [5, 5.41) is 3.50. The summed E-state index contributed by atoms with van der Waals surface area (Å²) in [6, 6.07) is 9.53. The Hall–Kier alpha value is -1.41. The Morgan fingerprint density at radius 2 is 1.74 bits per heavy atom. The van der Waals surface area contributed by atoms with E-state index in [1.165, 1.54) is 60.7 Å². The number of rotatable bonds is 5. The highest BCUT2D eigenvalue weighted by Gasteiger charge is 2.34. The molecule has 0 spiro atoms. The van der Waals surface area contributed by atoms with Crippen LogP contribution in [0.5, 0.6) is 0 Å². The summed E-state index contributed by atoms with van der Waals surface area (Å²) < 4.78 is 41.3. The number of fused-ring (bicyclic) bond motifs is 2. The molecule has 0 aromatic heterocycles. The van der Waals surface area contributed by atoms with Gasteiger partial charge in [-0.25, -0.2) is 0 Å². The number of nitrogens with two attached hydrogens (primary N) is 1. The largest absolute Gasteiger partial charge is 0.416 e. The molecule has 5 rings (SSSR count). The Bertz CT molecular complexity index is 1000. The van der Waals surface area contributed by atoms with E-state index in [0.717, 1.165) is 47.8 Å². The maximum atomic E-state index is 13.8. The highest BCUT2D eigenvalue weighted by atomic mass is 35.5. The van der Waals surface area contributed by atoms with Gasteiger partial charge in [-0.15, -0.1) is 12.4 Å². The molecule has 8 heteroatoms. The number of likely N-dealkylation sites (tertiary alicyclic amines) is 1. The molecule has 1 saturated heterocycles. The van der Waals surface area contributed by atoms with Crippen molar-refractivity contribution in [3.8, 4) is 0 Å². The minimum absolute atomic E-state index is 0. The lowest BCUT2D eigenvalue weighted by Crippen LogP contribution is -2.41. The van der Waals surface area contributed by atoms with E-state index in [1.54, 1.807) is 0 Å². The van der Waals surface area contributed by atoms with Gasteiger partial charge in [-0.2, -0.15) is 13.2 Å². The van der Waals surface area contributed by atoms with Crippen molar-refractivity contribution in [1.29, 1.82) is 0 Å². The second-order valence-electron chi connectivity index (χ2n) is 9.67. The molecule has 2 aromatic rings. The maximum absolute atomic E-state index is 13.8. The van der Waals surface area contributed by atoms with Gasteiger partial charge in [0.2, 0.25) is 0 Å². The Morgan fingerprint density at radius 1 is 1.00 bits per heavy atom. The molecule has 0 radical (unpaired) electrons.